The molecule has 1 nitrogen and oxygen atoms in total. The van der Waals surface area contributed by atoms with Crippen LogP contribution in [0.25, 0.3) is 0 Å². The van der Waals surface area contributed by atoms with Gasteiger partial charge in [0.2, 0.25) is 0 Å². The van der Waals surface area contributed by atoms with Gasteiger partial charge in [0.25, 0.3) is 0 Å². The van der Waals surface area contributed by atoms with Crippen molar-refractivity contribution >= 4 is 11.6 Å². The lowest BCUT2D eigenvalue weighted by Gasteiger charge is -2.24. The lowest BCUT2D eigenvalue weighted by atomic mass is 9.85. The fraction of sp³-hybridized carbons (Fsp3) is 0.500. The highest BCUT2D eigenvalue weighted by atomic mass is 35.5. The molecule has 0 fully saturated rings. The number of aliphatic hydroxyl groups is 1. The van der Waals surface area contributed by atoms with E-state index in [2.05, 4.69) is 0 Å². The first kappa shape index (κ1) is 14.3. The number of hydrogen-bond acceptors (Lipinski definition) is 1. The van der Waals surface area contributed by atoms with Gasteiger partial charge in [-0.2, -0.15) is 13.2 Å². The van der Waals surface area contributed by atoms with Crippen molar-refractivity contribution in [2.75, 3.05) is 6.61 Å². The molecular weight excluding hydrogens is 253 g/mol. The van der Waals surface area contributed by atoms with E-state index in [1.807, 2.05) is 0 Å². The van der Waals surface area contributed by atoms with E-state index in [0.29, 0.717) is 0 Å². The molecule has 0 heterocycles. The van der Waals surface area contributed by atoms with Crippen molar-refractivity contribution in [1.82, 2.24) is 0 Å². The number of hydrogen-bond donors (Lipinski definition) is 1. The monoisotopic (exact) mass is 266 g/mol. The van der Waals surface area contributed by atoms with E-state index < -0.39 is 17.2 Å². The van der Waals surface area contributed by atoms with Crippen LogP contribution in [0.2, 0.25) is 5.02 Å². The summed E-state index contributed by atoms with van der Waals surface area (Å²) in [5, 5.41) is 9.20. The molecule has 0 bridgehead atoms. The second-order valence-corrected chi connectivity index (χ2v) is 5.17. The zero-order valence-corrected chi connectivity index (χ0v) is 10.4. The van der Waals surface area contributed by atoms with Crippen molar-refractivity contribution in [2.24, 2.45) is 5.41 Å². The lowest BCUT2D eigenvalue weighted by molar-refractivity contribution is -0.138. The summed E-state index contributed by atoms with van der Waals surface area (Å²) in [7, 11) is 0. The maximum absolute atomic E-state index is 12.8. The van der Waals surface area contributed by atoms with Crippen LogP contribution in [-0.4, -0.2) is 11.7 Å². The van der Waals surface area contributed by atoms with Crippen LogP contribution in [0, 0.1) is 5.41 Å². The van der Waals surface area contributed by atoms with E-state index in [1.165, 1.54) is 12.1 Å². The molecule has 1 rings (SSSR count). The van der Waals surface area contributed by atoms with Crippen LogP contribution in [0.4, 0.5) is 13.2 Å². The molecule has 0 amide bonds. The van der Waals surface area contributed by atoms with Crippen LogP contribution in [0.1, 0.15) is 25.0 Å². The molecule has 0 spiro atoms. The topological polar surface area (TPSA) is 20.2 Å². The Labute approximate surface area is 103 Å². The summed E-state index contributed by atoms with van der Waals surface area (Å²) in [6.45, 7) is 3.18. The highest BCUT2D eigenvalue weighted by Gasteiger charge is 2.35. The number of benzene rings is 1. The standard InChI is InChI=1S/C12H14ClF3O/c1-11(2,7-17)6-8-9(12(14,15)16)4-3-5-10(8)13/h3-5,17H,6-7H2,1-2H3. The molecule has 0 saturated heterocycles. The zero-order chi connectivity index (χ0) is 13.3. The third kappa shape index (κ3) is 3.61. The third-order valence-electron chi connectivity index (χ3n) is 2.51. The maximum atomic E-state index is 12.8. The SMILES string of the molecule is CC(C)(CO)Cc1c(Cl)cccc1C(F)(F)F. The number of aliphatic hydroxyl groups excluding tert-OH is 1. The largest absolute Gasteiger partial charge is 0.416 e. The highest BCUT2D eigenvalue weighted by molar-refractivity contribution is 6.31. The molecule has 17 heavy (non-hydrogen) atoms. The average Bonchev–Trinajstić information content (AvgIpc) is 2.19. The van der Waals surface area contributed by atoms with E-state index >= 15 is 0 Å². The van der Waals surface area contributed by atoms with E-state index in [9.17, 15) is 13.2 Å². The quantitative estimate of drug-likeness (QED) is 0.879. The molecule has 96 valence electrons. The van der Waals surface area contributed by atoms with Gasteiger partial charge < -0.3 is 5.11 Å². The van der Waals surface area contributed by atoms with E-state index in [1.54, 1.807) is 13.8 Å². The first-order valence-electron chi connectivity index (χ1n) is 5.13. The van der Waals surface area contributed by atoms with Gasteiger partial charge >= 0.3 is 6.18 Å². The van der Waals surface area contributed by atoms with Crippen molar-refractivity contribution in [3.8, 4) is 0 Å². The summed E-state index contributed by atoms with van der Waals surface area (Å²) in [5.41, 5.74) is -1.32. The van der Waals surface area contributed by atoms with Gasteiger partial charge in [-0.3, -0.25) is 0 Å². The van der Waals surface area contributed by atoms with Gasteiger partial charge in [-0.15, -0.1) is 0 Å². The van der Waals surface area contributed by atoms with Crippen LogP contribution < -0.4 is 0 Å². The highest BCUT2D eigenvalue weighted by Crippen LogP contribution is 2.37. The van der Waals surface area contributed by atoms with Crippen LogP contribution in [0.5, 0.6) is 0 Å². The summed E-state index contributed by atoms with van der Waals surface area (Å²) in [6, 6.07) is 3.72. The Morgan fingerprint density at radius 1 is 1.24 bits per heavy atom. The van der Waals surface area contributed by atoms with Crippen LogP contribution in [0.15, 0.2) is 18.2 Å². The summed E-state index contributed by atoms with van der Waals surface area (Å²) in [6.07, 6.45) is -4.34. The Hall–Kier alpha value is -0.740. The van der Waals surface area contributed by atoms with Crippen molar-refractivity contribution in [1.29, 1.82) is 0 Å². The Balaban J connectivity index is 3.22. The van der Waals surface area contributed by atoms with Gasteiger partial charge in [0, 0.05) is 11.6 Å². The molecular formula is C12H14ClF3O. The molecule has 1 aromatic rings. The second-order valence-electron chi connectivity index (χ2n) is 4.76. The molecule has 0 radical (unpaired) electrons. The zero-order valence-electron chi connectivity index (χ0n) is 9.61. The van der Waals surface area contributed by atoms with E-state index in [4.69, 9.17) is 16.7 Å². The predicted molar refractivity (Wildman–Crippen MR) is 61.0 cm³/mol. The van der Waals surface area contributed by atoms with E-state index in [0.717, 1.165) is 6.07 Å². The number of rotatable bonds is 3. The molecule has 5 heteroatoms. The van der Waals surface area contributed by atoms with Crippen LogP contribution in [-0.2, 0) is 12.6 Å². The smallest absolute Gasteiger partial charge is 0.396 e. The van der Waals surface area contributed by atoms with E-state index in [-0.39, 0.29) is 23.6 Å². The van der Waals surface area contributed by atoms with Gasteiger partial charge in [0.05, 0.1) is 5.56 Å². The Morgan fingerprint density at radius 3 is 2.29 bits per heavy atom. The summed E-state index contributed by atoms with van der Waals surface area (Å²) in [4.78, 5) is 0. The Bertz CT molecular complexity index is 399. The van der Waals surface area contributed by atoms with Crippen molar-refractivity contribution < 1.29 is 18.3 Å². The number of alkyl halides is 3. The van der Waals surface area contributed by atoms with Gasteiger partial charge in [-0.25, -0.2) is 0 Å². The average molecular weight is 267 g/mol. The predicted octanol–water partition coefficient (Wildman–Crippen LogP) is 3.92. The van der Waals surface area contributed by atoms with Gasteiger partial charge in [-0.1, -0.05) is 31.5 Å². The first-order chi connectivity index (χ1) is 7.67. The fourth-order valence-corrected chi connectivity index (χ4v) is 1.78. The van der Waals surface area contributed by atoms with Crippen molar-refractivity contribution in [3.05, 3.63) is 34.3 Å². The Kier molecular flexibility index (Phi) is 4.10. The summed E-state index contributed by atoms with van der Waals surface area (Å²) in [5.74, 6) is 0. The lowest BCUT2D eigenvalue weighted by Crippen LogP contribution is -2.22. The first-order valence-corrected chi connectivity index (χ1v) is 5.50. The fourth-order valence-electron chi connectivity index (χ4n) is 1.54. The molecule has 0 aromatic heterocycles. The molecule has 1 aromatic carbocycles. The second kappa shape index (κ2) is 4.86. The molecule has 0 atom stereocenters. The summed E-state index contributed by atoms with van der Waals surface area (Å²) < 4.78 is 38.4. The molecule has 0 aliphatic heterocycles. The molecule has 0 saturated carbocycles. The van der Waals surface area contributed by atoms with Crippen LogP contribution >= 0.6 is 11.6 Å². The maximum Gasteiger partial charge on any atom is 0.416 e. The molecule has 1 N–H and O–H groups in total. The van der Waals surface area contributed by atoms with Gasteiger partial charge in [0.15, 0.2) is 0 Å². The minimum Gasteiger partial charge on any atom is -0.396 e. The molecule has 0 unspecified atom stereocenters. The van der Waals surface area contributed by atoms with Crippen LogP contribution in [0.3, 0.4) is 0 Å². The minimum absolute atomic E-state index is 0.0423. The number of halogens is 4. The normalized spacial score (nSPS) is 12.9. The molecule has 0 aliphatic rings. The van der Waals surface area contributed by atoms with Crippen molar-refractivity contribution in [3.63, 3.8) is 0 Å². The third-order valence-corrected chi connectivity index (χ3v) is 2.86. The van der Waals surface area contributed by atoms with Crippen molar-refractivity contribution in [2.45, 2.75) is 26.4 Å². The molecule has 0 aliphatic carbocycles. The Morgan fingerprint density at radius 2 is 1.82 bits per heavy atom. The summed E-state index contributed by atoms with van der Waals surface area (Å²) >= 11 is 5.82. The van der Waals surface area contributed by atoms with Gasteiger partial charge in [0.1, 0.15) is 0 Å². The van der Waals surface area contributed by atoms with Gasteiger partial charge in [-0.05, 0) is 29.5 Å². The minimum atomic E-state index is -4.42.